The van der Waals surface area contributed by atoms with Gasteiger partial charge in [0.05, 0.1) is 6.10 Å². The van der Waals surface area contributed by atoms with Crippen LogP contribution in [0.25, 0.3) is 0 Å². The normalized spacial score (nSPS) is 19.8. The van der Waals surface area contributed by atoms with Crippen molar-refractivity contribution >= 4 is 5.97 Å². The molecular formula is C14H19NO5. The number of rotatable bonds is 5. The first kappa shape index (κ1) is 14.6. The highest BCUT2D eigenvalue weighted by Gasteiger charge is 2.21. The Balaban J connectivity index is 1.81. The van der Waals surface area contributed by atoms with E-state index in [1.54, 1.807) is 6.07 Å². The quantitative estimate of drug-likeness (QED) is 0.542. The molecule has 1 unspecified atom stereocenters. The second-order valence-corrected chi connectivity index (χ2v) is 4.90. The number of aromatic hydroxyl groups is 2. The largest absolute Gasteiger partial charge is 0.504 e. The molecule has 1 saturated heterocycles. The summed E-state index contributed by atoms with van der Waals surface area (Å²) in [5.41, 5.74) is 6.42. The van der Waals surface area contributed by atoms with Gasteiger partial charge in [0.15, 0.2) is 11.5 Å². The van der Waals surface area contributed by atoms with Gasteiger partial charge in [-0.15, -0.1) is 0 Å². The van der Waals surface area contributed by atoms with E-state index < -0.39 is 12.0 Å². The predicted molar refractivity (Wildman–Crippen MR) is 71.4 cm³/mol. The number of hydrogen-bond donors (Lipinski definition) is 3. The lowest BCUT2D eigenvalue weighted by atomic mass is 10.1. The Labute approximate surface area is 117 Å². The van der Waals surface area contributed by atoms with Crippen LogP contribution in [0.4, 0.5) is 0 Å². The smallest absolute Gasteiger partial charge is 0.323 e. The third-order valence-electron chi connectivity index (χ3n) is 3.23. The van der Waals surface area contributed by atoms with E-state index in [0.717, 1.165) is 12.8 Å². The Hall–Kier alpha value is -1.79. The summed E-state index contributed by atoms with van der Waals surface area (Å²) in [7, 11) is 0. The molecule has 1 fully saturated rings. The molecule has 0 aromatic heterocycles. The SMILES string of the molecule is N[C@@H](Cc1ccc(O)c(O)c1)C(=O)OCC1CCCO1. The standard InChI is InChI=1S/C14H19NO5/c15-11(6-9-3-4-12(16)13(17)7-9)14(18)20-8-10-2-1-5-19-10/h3-4,7,10-11,16-17H,1-2,5-6,8,15H2/t10?,11-/m0/s1. The van der Waals surface area contributed by atoms with E-state index in [-0.39, 0.29) is 30.6 Å². The van der Waals surface area contributed by atoms with Gasteiger partial charge in [-0.2, -0.15) is 0 Å². The highest BCUT2D eigenvalue weighted by molar-refractivity contribution is 5.76. The van der Waals surface area contributed by atoms with Crippen molar-refractivity contribution in [1.82, 2.24) is 0 Å². The average Bonchev–Trinajstić information content (AvgIpc) is 2.93. The van der Waals surface area contributed by atoms with Gasteiger partial charge in [0.1, 0.15) is 12.6 Å². The molecule has 4 N–H and O–H groups in total. The van der Waals surface area contributed by atoms with Gasteiger partial charge in [0.25, 0.3) is 0 Å². The fourth-order valence-corrected chi connectivity index (χ4v) is 2.09. The lowest BCUT2D eigenvalue weighted by Gasteiger charge is -2.14. The van der Waals surface area contributed by atoms with Crippen LogP contribution in [0.15, 0.2) is 18.2 Å². The summed E-state index contributed by atoms with van der Waals surface area (Å²) in [5.74, 6) is -0.932. The summed E-state index contributed by atoms with van der Waals surface area (Å²) >= 11 is 0. The first-order valence-corrected chi connectivity index (χ1v) is 6.61. The van der Waals surface area contributed by atoms with Crippen molar-refractivity contribution in [1.29, 1.82) is 0 Å². The Bertz CT molecular complexity index is 471. The second-order valence-electron chi connectivity index (χ2n) is 4.90. The summed E-state index contributed by atoms with van der Waals surface area (Å²) in [4.78, 5) is 11.7. The maximum atomic E-state index is 11.7. The number of carbonyl (C=O) groups is 1. The number of nitrogens with two attached hydrogens (primary N) is 1. The predicted octanol–water partition coefficient (Wildman–Crippen LogP) is 0.690. The van der Waals surface area contributed by atoms with Crippen LogP contribution < -0.4 is 5.73 Å². The van der Waals surface area contributed by atoms with E-state index in [1.807, 2.05) is 0 Å². The van der Waals surface area contributed by atoms with Gasteiger partial charge in [-0.3, -0.25) is 4.79 Å². The van der Waals surface area contributed by atoms with Crippen LogP contribution in [0.2, 0.25) is 0 Å². The molecule has 2 rings (SSSR count). The molecule has 1 aliphatic rings. The van der Waals surface area contributed by atoms with E-state index in [4.69, 9.17) is 15.2 Å². The maximum absolute atomic E-state index is 11.7. The fourth-order valence-electron chi connectivity index (χ4n) is 2.09. The zero-order valence-corrected chi connectivity index (χ0v) is 11.1. The molecule has 6 nitrogen and oxygen atoms in total. The lowest BCUT2D eigenvalue weighted by Crippen LogP contribution is -2.35. The van der Waals surface area contributed by atoms with Crippen LogP contribution in [0.5, 0.6) is 11.5 Å². The molecule has 0 amide bonds. The number of hydrogen-bond acceptors (Lipinski definition) is 6. The first-order valence-electron chi connectivity index (χ1n) is 6.61. The van der Waals surface area contributed by atoms with Gasteiger partial charge in [-0.05, 0) is 37.0 Å². The number of benzene rings is 1. The molecule has 0 radical (unpaired) electrons. The van der Waals surface area contributed by atoms with Crippen LogP contribution in [0, 0.1) is 0 Å². The maximum Gasteiger partial charge on any atom is 0.323 e. The Morgan fingerprint density at radius 2 is 2.25 bits per heavy atom. The van der Waals surface area contributed by atoms with Gasteiger partial charge in [-0.25, -0.2) is 0 Å². The van der Waals surface area contributed by atoms with E-state index >= 15 is 0 Å². The lowest BCUT2D eigenvalue weighted by molar-refractivity contribution is -0.148. The van der Waals surface area contributed by atoms with Crippen molar-refractivity contribution in [3.8, 4) is 11.5 Å². The summed E-state index contributed by atoms with van der Waals surface area (Å²) in [6.45, 7) is 0.939. The Kier molecular flexibility index (Phi) is 4.81. The molecule has 1 aromatic carbocycles. The van der Waals surface area contributed by atoms with Crippen molar-refractivity contribution < 1.29 is 24.5 Å². The van der Waals surface area contributed by atoms with Crippen LogP contribution in [0.3, 0.4) is 0 Å². The summed E-state index contributed by atoms with van der Waals surface area (Å²) in [6, 6.07) is 3.53. The zero-order valence-electron chi connectivity index (χ0n) is 11.1. The van der Waals surface area contributed by atoms with Crippen molar-refractivity contribution in [3.05, 3.63) is 23.8 Å². The van der Waals surface area contributed by atoms with Crippen LogP contribution >= 0.6 is 0 Å². The van der Waals surface area contributed by atoms with Gasteiger partial charge >= 0.3 is 5.97 Å². The van der Waals surface area contributed by atoms with Crippen molar-refractivity contribution in [2.45, 2.75) is 31.4 Å². The topological polar surface area (TPSA) is 102 Å². The van der Waals surface area contributed by atoms with Crippen LogP contribution in [-0.2, 0) is 20.7 Å². The number of phenolic OH excluding ortho intramolecular Hbond substituents is 2. The molecule has 1 aliphatic heterocycles. The minimum absolute atomic E-state index is 0.0242. The van der Waals surface area contributed by atoms with Gasteiger partial charge in [0, 0.05) is 6.61 Å². The third kappa shape index (κ3) is 3.85. The van der Waals surface area contributed by atoms with Crippen molar-refractivity contribution in [2.75, 3.05) is 13.2 Å². The average molecular weight is 281 g/mol. The van der Waals surface area contributed by atoms with Gasteiger partial charge in [0.2, 0.25) is 0 Å². The number of phenols is 2. The molecule has 2 atom stereocenters. The van der Waals surface area contributed by atoms with E-state index in [2.05, 4.69) is 0 Å². The van der Waals surface area contributed by atoms with E-state index in [0.29, 0.717) is 12.2 Å². The Morgan fingerprint density at radius 3 is 2.90 bits per heavy atom. The summed E-state index contributed by atoms with van der Waals surface area (Å²) < 4.78 is 10.5. The van der Waals surface area contributed by atoms with Gasteiger partial charge < -0.3 is 25.4 Å². The zero-order chi connectivity index (χ0) is 14.5. The highest BCUT2D eigenvalue weighted by Crippen LogP contribution is 2.25. The molecule has 0 aliphatic carbocycles. The van der Waals surface area contributed by atoms with E-state index in [1.165, 1.54) is 12.1 Å². The molecular weight excluding hydrogens is 262 g/mol. The summed E-state index contributed by atoms with van der Waals surface area (Å²) in [5, 5.41) is 18.6. The minimum atomic E-state index is -0.805. The molecule has 6 heteroatoms. The Morgan fingerprint density at radius 1 is 1.45 bits per heavy atom. The van der Waals surface area contributed by atoms with Crippen LogP contribution in [-0.4, -0.2) is 41.5 Å². The number of esters is 1. The molecule has 0 spiro atoms. The van der Waals surface area contributed by atoms with Gasteiger partial charge in [-0.1, -0.05) is 6.07 Å². The summed E-state index contributed by atoms with van der Waals surface area (Å²) in [6.07, 6.45) is 2.09. The molecule has 1 aromatic rings. The third-order valence-corrected chi connectivity index (χ3v) is 3.23. The van der Waals surface area contributed by atoms with Crippen molar-refractivity contribution in [3.63, 3.8) is 0 Å². The molecule has 0 saturated carbocycles. The molecule has 110 valence electrons. The fraction of sp³-hybridized carbons (Fsp3) is 0.500. The highest BCUT2D eigenvalue weighted by atomic mass is 16.6. The molecule has 0 bridgehead atoms. The second kappa shape index (κ2) is 6.58. The van der Waals surface area contributed by atoms with Crippen molar-refractivity contribution in [2.24, 2.45) is 5.73 Å². The first-order chi connectivity index (χ1) is 9.56. The monoisotopic (exact) mass is 281 g/mol. The molecule has 1 heterocycles. The van der Waals surface area contributed by atoms with Crippen LogP contribution in [0.1, 0.15) is 18.4 Å². The molecule has 20 heavy (non-hydrogen) atoms. The number of ether oxygens (including phenoxy) is 2. The minimum Gasteiger partial charge on any atom is -0.504 e. The van der Waals surface area contributed by atoms with E-state index in [9.17, 15) is 15.0 Å². The number of carbonyl (C=O) groups excluding carboxylic acids is 1.